The molecule has 1 unspecified atom stereocenters. The van der Waals surface area contributed by atoms with Crippen molar-refractivity contribution in [3.05, 3.63) is 11.7 Å². The molecule has 1 saturated carbocycles. The topological polar surface area (TPSA) is 74.2 Å². The number of hydrogen-bond acceptors (Lipinski definition) is 5. The van der Waals surface area contributed by atoms with Gasteiger partial charge >= 0.3 is 0 Å². The molecular weight excluding hydrogens is 242 g/mol. The van der Waals surface area contributed by atoms with Gasteiger partial charge in [-0.1, -0.05) is 31.3 Å². The van der Waals surface area contributed by atoms with Gasteiger partial charge in [-0.3, -0.25) is 0 Å². The fourth-order valence-electron chi connectivity index (χ4n) is 2.67. The van der Waals surface area contributed by atoms with E-state index in [1.54, 1.807) is 7.11 Å². The number of rotatable bonds is 6. The van der Waals surface area contributed by atoms with Gasteiger partial charge in [0.05, 0.1) is 0 Å². The molecule has 0 bridgehead atoms. The highest BCUT2D eigenvalue weighted by Crippen LogP contribution is 2.38. The molecule has 0 aromatic carbocycles. The predicted octanol–water partition coefficient (Wildman–Crippen LogP) is 2.40. The lowest BCUT2D eigenvalue weighted by Crippen LogP contribution is -2.32. The number of aryl methyl sites for hydroxylation is 1. The van der Waals surface area contributed by atoms with Crippen LogP contribution in [-0.2, 0) is 16.8 Å². The first-order valence-electron chi connectivity index (χ1n) is 7.28. The third-order valence-corrected chi connectivity index (χ3v) is 4.18. The van der Waals surface area contributed by atoms with E-state index in [9.17, 15) is 0 Å². The minimum absolute atomic E-state index is 0.320. The summed E-state index contributed by atoms with van der Waals surface area (Å²) in [4.78, 5) is 4.54. The number of nitrogens with two attached hydrogens (primary N) is 1. The van der Waals surface area contributed by atoms with Crippen LogP contribution >= 0.6 is 0 Å². The Labute approximate surface area is 114 Å². The van der Waals surface area contributed by atoms with E-state index in [2.05, 4.69) is 17.1 Å². The van der Waals surface area contributed by atoms with Crippen molar-refractivity contribution >= 4 is 0 Å². The molecule has 1 aliphatic rings. The molecule has 0 spiro atoms. The van der Waals surface area contributed by atoms with Crippen molar-refractivity contribution in [2.24, 2.45) is 11.7 Å². The number of ether oxygens (including phenoxy) is 1. The molecule has 1 aromatic heterocycles. The summed E-state index contributed by atoms with van der Waals surface area (Å²) in [7, 11) is 1.75. The largest absolute Gasteiger partial charge is 0.370 e. The zero-order valence-electron chi connectivity index (χ0n) is 12.0. The van der Waals surface area contributed by atoms with Crippen molar-refractivity contribution in [1.29, 1.82) is 0 Å². The Morgan fingerprint density at radius 3 is 2.74 bits per heavy atom. The van der Waals surface area contributed by atoms with Gasteiger partial charge in [0.1, 0.15) is 5.60 Å². The van der Waals surface area contributed by atoms with Crippen LogP contribution < -0.4 is 5.73 Å². The van der Waals surface area contributed by atoms with Crippen molar-refractivity contribution in [3.63, 3.8) is 0 Å². The van der Waals surface area contributed by atoms with E-state index in [0.29, 0.717) is 18.4 Å². The Morgan fingerprint density at radius 2 is 2.11 bits per heavy atom. The average Bonchev–Trinajstić information content (AvgIpc) is 2.95. The highest BCUT2D eigenvalue weighted by atomic mass is 16.5. The van der Waals surface area contributed by atoms with Gasteiger partial charge in [-0.2, -0.15) is 4.98 Å². The summed E-state index contributed by atoms with van der Waals surface area (Å²) in [6.07, 6.45) is 7.36. The highest BCUT2D eigenvalue weighted by molar-refractivity contribution is 5.03. The Bertz CT molecular complexity index is 386. The predicted molar refractivity (Wildman–Crippen MR) is 72.6 cm³/mol. The van der Waals surface area contributed by atoms with Crippen LogP contribution in [0.3, 0.4) is 0 Å². The molecule has 0 radical (unpaired) electrons. The van der Waals surface area contributed by atoms with Crippen LogP contribution in [0.1, 0.15) is 57.2 Å². The molecule has 1 heterocycles. The molecule has 5 nitrogen and oxygen atoms in total. The molecular formula is C14H25N3O2. The Hall–Kier alpha value is -0.940. The van der Waals surface area contributed by atoms with E-state index in [1.807, 2.05) is 0 Å². The molecule has 2 N–H and O–H groups in total. The van der Waals surface area contributed by atoms with Gasteiger partial charge in [0.2, 0.25) is 11.7 Å². The molecule has 108 valence electrons. The van der Waals surface area contributed by atoms with E-state index >= 15 is 0 Å². The lowest BCUT2D eigenvalue weighted by molar-refractivity contribution is -0.0527. The molecule has 0 amide bonds. The summed E-state index contributed by atoms with van der Waals surface area (Å²) < 4.78 is 11.1. The quantitative estimate of drug-likeness (QED) is 0.856. The first-order chi connectivity index (χ1) is 9.20. The average molecular weight is 267 g/mol. The maximum atomic E-state index is 5.72. The maximum Gasteiger partial charge on any atom is 0.226 e. The number of nitrogens with zero attached hydrogens (tertiary/aromatic N) is 2. The number of aromatic nitrogens is 2. The molecule has 1 atom stereocenters. The van der Waals surface area contributed by atoms with Crippen LogP contribution in [0, 0.1) is 5.92 Å². The van der Waals surface area contributed by atoms with Gasteiger partial charge in [0.15, 0.2) is 0 Å². The standard InChI is InChI=1S/C14H25N3O2/c1-11(10-15)6-7-12-16-13(17-19-12)14(18-2)8-4-3-5-9-14/h11H,3-10,15H2,1-2H3. The minimum Gasteiger partial charge on any atom is -0.370 e. The lowest BCUT2D eigenvalue weighted by Gasteiger charge is -2.32. The Morgan fingerprint density at radius 1 is 1.37 bits per heavy atom. The fraction of sp³-hybridized carbons (Fsp3) is 0.857. The molecule has 1 aromatic rings. The van der Waals surface area contributed by atoms with Crippen molar-refractivity contribution < 1.29 is 9.26 Å². The molecule has 5 heteroatoms. The SMILES string of the molecule is COC1(c2noc(CCC(C)CN)n2)CCCCC1. The molecule has 2 rings (SSSR count). The van der Waals surface area contributed by atoms with Gasteiger partial charge in [0.25, 0.3) is 0 Å². The Balaban J connectivity index is 2.02. The highest BCUT2D eigenvalue weighted by Gasteiger charge is 2.38. The minimum atomic E-state index is -0.320. The van der Waals surface area contributed by atoms with Crippen LogP contribution in [0.25, 0.3) is 0 Å². The monoisotopic (exact) mass is 267 g/mol. The second-order valence-electron chi connectivity index (χ2n) is 5.65. The van der Waals surface area contributed by atoms with Gasteiger partial charge in [-0.15, -0.1) is 0 Å². The molecule has 1 fully saturated rings. The van der Waals surface area contributed by atoms with Gasteiger partial charge < -0.3 is 15.0 Å². The zero-order chi connectivity index (χ0) is 13.7. The molecule has 0 aliphatic heterocycles. The lowest BCUT2D eigenvalue weighted by atomic mass is 9.84. The van der Waals surface area contributed by atoms with Crippen LogP contribution in [-0.4, -0.2) is 23.8 Å². The fourth-order valence-corrected chi connectivity index (χ4v) is 2.67. The third-order valence-electron chi connectivity index (χ3n) is 4.18. The second-order valence-corrected chi connectivity index (χ2v) is 5.65. The van der Waals surface area contributed by atoms with E-state index in [1.165, 1.54) is 19.3 Å². The van der Waals surface area contributed by atoms with Crippen LogP contribution in [0.5, 0.6) is 0 Å². The first kappa shape index (κ1) is 14.5. The zero-order valence-corrected chi connectivity index (χ0v) is 12.0. The first-order valence-corrected chi connectivity index (χ1v) is 7.28. The summed E-state index contributed by atoms with van der Waals surface area (Å²) in [6.45, 7) is 2.83. The van der Waals surface area contributed by atoms with E-state index in [0.717, 1.165) is 31.5 Å². The summed E-state index contributed by atoms with van der Waals surface area (Å²) in [5, 5.41) is 4.14. The van der Waals surface area contributed by atoms with Crippen LogP contribution in [0.2, 0.25) is 0 Å². The third kappa shape index (κ3) is 3.34. The van der Waals surface area contributed by atoms with Crippen molar-refractivity contribution in [2.45, 2.75) is 57.5 Å². The van der Waals surface area contributed by atoms with Crippen molar-refractivity contribution in [1.82, 2.24) is 10.1 Å². The Kier molecular flexibility index (Phi) is 4.93. The summed E-state index contributed by atoms with van der Waals surface area (Å²) in [5.41, 5.74) is 5.29. The summed E-state index contributed by atoms with van der Waals surface area (Å²) >= 11 is 0. The van der Waals surface area contributed by atoms with E-state index in [-0.39, 0.29) is 5.60 Å². The van der Waals surface area contributed by atoms with Crippen LogP contribution in [0.4, 0.5) is 0 Å². The van der Waals surface area contributed by atoms with Gasteiger partial charge in [-0.05, 0) is 31.7 Å². The summed E-state index contributed by atoms with van der Waals surface area (Å²) in [5.74, 6) is 1.92. The van der Waals surface area contributed by atoms with Crippen molar-refractivity contribution in [2.75, 3.05) is 13.7 Å². The normalized spacial score (nSPS) is 20.4. The van der Waals surface area contributed by atoms with E-state index < -0.39 is 0 Å². The molecule has 0 saturated heterocycles. The van der Waals surface area contributed by atoms with Gasteiger partial charge in [-0.25, -0.2) is 0 Å². The number of methoxy groups -OCH3 is 1. The van der Waals surface area contributed by atoms with E-state index in [4.69, 9.17) is 15.0 Å². The molecule has 1 aliphatic carbocycles. The number of hydrogen-bond donors (Lipinski definition) is 1. The summed E-state index contributed by atoms with van der Waals surface area (Å²) in [6, 6.07) is 0. The van der Waals surface area contributed by atoms with Gasteiger partial charge in [0, 0.05) is 13.5 Å². The smallest absolute Gasteiger partial charge is 0.226 e. The van der Waals surface area contributed by atoms with Crippen molar-refractivity contribution in [3.8, 4) is 0 Å². The maximum absolute atomic E-state index is 5.72. The molecule has 19 heavy (non-hydrogen) atoms. The second kappa shape index (κ2) is 6.48. The van der Waals surface area contributed by atoms with Crippen LogP contribution in [0.15, 0.2) is 4.52 Å².